The summed E-state index contributed by atoms with van der Waals surface area (Å²) in [6.07, 6.45) is 3.31. The molecule has 4 rings (SSSR count). The predicted octanol–water partition coefficient (Wildman–Crippen LogP) is 4.26. The van der Waals surface area contributed by atoms with Crippen LogP contribution in [0.3, 0.4) is 0 Å². The first-order chi connectivity index (χ1) is 14.0. The van der Waals surface area contributed by atoms with E-state index in [1.165, 1.54) is 25.4 Å². The van der Waals surface area contributed by atoms with Crippen LogP contribution < -0.4 is 10.6 Å². The molecule has 0 radical (unpaired) electrons. The van der Waals surface area contributed by atoms with Gasteiger partial charge < -0.3 is 15.5 Å². The summed E-state index contributed by atoms with van der Waals surface area (Å²) in [6.45, 7) is 1.98. The molecular formula is C21H22F3N5. The third-order valence-electron chi connectivity index (χ3n) is 5.38. The number of nitrogens with one attached hydrogen (secondary N) is 2. The predicted molar refractivity (Wildman–Crippen MR) is 109 cm³/mol. The van der Waals surface area contributed by atoms with Gasteiger partial charge in [0.15, 0.2) is 5.82 Å². The van der Waals surface area contributed by atoms with E-state index in [0.717, 1.165) is 32.0 Å². The van der Waals surface area contributed by atoms with Crippen molar-refractivity contribution in [3.63, 3.8) is 0 Å². The number of benzene rings is 2. The minimum Gasteiger partial charge on any atom is -0.386 e. The van der Waals surface area contributed by atoms with Crippen molar-refractivity contribution in [2.45, 2.75) is 18.9 Å². The van der Waals surface area contributed by atoms with Gasteiger partial charge in [-0.25, -0.2) is 23.1 Å². The van der Waals surface area contributed by atoms with E-state index in [0.29, 0.717) is 11.5 Å². The Morgan fingerprint density at radius 3 is 2.52 bits per heavy atom. The molecule has 0 saturated carbocycles. The molecule has 0 unspecified atom stereocenters. The smallest absolute Gasteiger partial charge is 0.223 e. The molecular weight excluding hydrogens is 379 g/mol. The van der Waals surface area contributed by atoms with E-state index in [9.17, 15) is 8.78 Å². The van der Waals surface area contributed by atoms with E-state index in [2.05, 4.69) is 32.5 Å². The van der Waals surface area contributed by atoms with Crippen molar-refractivity contribution in [2.75, 3.05) is 37.8 Å². The van der Waals surface area contributed by atoms with Crippen LogP contribution in [0.2, 0.25) is 0 Å². The van der Waals surface area contributed by atoms with E-state index in [1.807, 2.05) is 0 Å². The summed E-state index contributed by atoms with van der Waals surface area (Å²) < 4.78 is 44.1. The lowest BCUT2D eigenvalue weighted by atomic mass is 10.0. The fraction of sp³-hybridized carbons (Fsp3) is 0.333. The molecule has 2 N–H and O–H groups in total. The van der Waals surface area contributed by atoms with Gasteiger partial charge in [-0.2, -0.15) is 0 Å². The van der Waals surface area contributed by atoms with E-state index >= 15 is 4.39 Å². The number of likely N-dealkylation sites (tertiary alicyclic amines) is 1. The largest absolute Gasteiger partial charge is 0.386 e. The van der Waals surface area contributed by atoms with E-state index in [1.54, 1.807) is 6.07 Å². The van der Waals surface area contributed by atoms with Crippen LogP contribution in [0.1, 0.15) is 12.8 Å². The van der Waals surface area contributed by atoms with Gasteiger partial charge >= 0.3 is 0 Å². The minimum absolute atomic E-state index is 0.0924. The second kappa shape index (κ2) is 7.87. The highest BCUT2D eigenvalue weighted by atomic mass is 19.1. The molecule has 152 valence electrons. The molecule has 0 atom stereocenters. The number of fused-ring (bicyclic) bond motifs is 1. The van der Waals surface area contributed by atoms with Crippen molar-refractivity contribution >= 4 is 22.5 Å². The molecule has 0 bridgehead atoms. The summed E-state index contributed by atoms with van der Waals surface area (Å²) in [7, 11) is 3.60. The summed E-state index contributed by atoms with van der Waals surface area (Å²) in [5.41, 5.74) is -0.105. The van der Waals surface area contributed by atoms with Crippen LogP contribution in [-0.4, -0.2) is 48.1 Å². The van der Waals surface area contributed by atoms with Crippen LogP contribution >= 0.6 is 0 Å². The van der Waals surface area contributed by atoms with Gasteiger partial charge in [0.05, 0.1) is 22.2 Å². The van der Waals surface area contributed by atoms with Crippen LogP contribution in [-0.2, 0) is 0 Å². The maximum absolute atomic E-state index is 15.1. The van der Waals surface area contributed by atoms with Crippen LogP contribution in [0.4, 0.5) is 24.8 Å². The fourth-order valence-electron chi connectivity index (χ4n) is 3.66. The molecule has 1 aliphatic heterocycles. The molecule has 2 heterocycles. The maximum Gasteiger partial charge on any atom is 0.223 e. The van der Waals surface area contributed by atoms with E-state index in [4.69, 9.17) is 0 Å². The average molecular weight is 401 g/mol. The molecule has 0 amide bonds. The summed E-state index contributed by atoms with van der Waals surface area (Å²) in [5.74, 6) is -2.00. The average Bonchev–Trinajstić information content (AvgIpc) is 2.71. The molecule has 0 aliphatic carbocycles. The number of nitrogens with zero attached hydrogens (tertiary/aromatic N) is 3. The second-order valence-electron chi connectivity index (χ2n) is 7.31. The van der Waals surface area contributed by atoms with Gasteiger partial charge in [0.25, 0.3) is 0 Å². The van der Waals surface area contributed by atoms with Crippen molar-refractivity contribution in [2.24, 2.45) is 0 Å². The summed E-state index contributed by atoms with van der Waals surface area (Å²) in [6, 6.07) is 5.56. The quantitative estimate of drug-likeness (QED) is 0.684. The molecule has 1 aliphatic rings. The van der Waals surface area contributed by atoms with Crippen molar-refractivity contribution in [1.82, 2.24) is 14.9 Å². The monoisotopic (exact) mass is 401 g/mol. The van der Waals surface area contributed by atoms with Gasteiger partial charge in [0, 0.05) is 24.8 Å². The lowest BCUT2D eigenvalue weighted by Gasteiger charge is -2.29. The summed E-state index contributed by atoms with van der Waals surface area (Å²) in [5, 5.41) is 6.05. The zero-order valence-electron chi connectivity index (χ0n) is 16.3. The summed E-state index contributed by atoms with van der Waals surface area (Å²) >= 11 is 0. The molecule has 1 saturated heterocycles. The van der Waals surface area contributed by atoms with Gasteiger partial charge in [-0.05, 0) is 57.2 Å². The number of hydrogen-bond donors (Lipinski definition) is 2. The Morgan fingerprint density at radius 1 is 1.03 bits per heavy atom. The first kappa shape index (κ1) is 19.4. The Morgan fingerprint density at radius 2 is 1.79 bits per heavy atom. The number of hydrogen-bond acceptors (Lipinski definition) is 5. The Kier molecular flexibility index (Phi) is 5.27. The van der Waals surface area contributed by atoms with Crippen molar-refractivity contribution in [3.8, 4) is 11.1 Å². The standard InChI is InChI=1S/C21H22F3N5/c1-25-17-6-4-15(22)18(20(17)24)13-3-5-16-14(19(13)23)11-26-21(28-16)27-12-7-9-29(2)10-8-12/h3-6,11-12,25H,7-10H2,1-2H3,(H,26,27,28). The first-order valence-electron chi connectivity index (χ1n) is 9.54. The highest BCUT2D eigenvalue weighted by Gasteiger charge is 2.21. The first-order valence-corrected chi connectivity index (χ1v) is 9.54. The Bertz CT molecular complexity index is 1050. The SMILES string of the molecule is CNc1ccc(F)c(-c2ccc3nc(NC4CCN(C)CC4)ncc3c2F)c1F. The van der Waals surface area contributed by atoms with Gasteiger partial charge in [0.2, 0.25) is 5.95 Å². The van der Waals surface area contributed by atoms with Crippen molar-refractivity contribution in [3.05, 3.63) is 47.9 Å². The topological polar surface area (TPSA) is 53.1 Å². The number of halogens is 3. The molecule has 29 heavy (non-hydrogen) atoms. The second-order valence-corrected chi connectivity index (χ2v) is 7.31. The van der Waals surface area contributed by atoms with Gasteiger partial charge in [-0.15, -0.1) is 0 Å². The highest BCUT2D eigenvalue weighted by molar-refractivity contribution is 5.86. The molecule has 8 heteroatoms. The lowest BCUT2D eigenvalue weighted by Crippen LogP contribution is -2.37. The molecule has 1 fully saturated rings. The number of piperidine rings is 1. The lowest BCUT2D eigenvalue weighted by molar-refractivity contribution is 0.263. The Labute approximate surface area is 167 Å². The molecule has 5 nitrogen and oxygen atoms in total. The normalized spacial score (nSPS) is 15.6. The maximum atomic E-state index is 15.1. The molecule has 1 aromatic heterocycles. The fourth-order valence-corrected chi connectivity index (χ4v) is 3.66. The van der Waals surface area contributed by atoms with Crippen molar-refractivity contribution in [1.29, 1.82) is 0 Å². The molecule has 0 spiro atoms. The third kappa shape index (κ3) is 3.72. The minimum atomic E-state index is -0.841. The molecule has 3 aromatic rings. The third-order valence-corrected chi connectivity index (χ3v) is 5.38. The molecule has 2 aromatic carbocycles. The van der Waals surface area contributed by atoms with E-state index < -0.39 is 23.0 Å². The van der Waals surface area contributed by atoms with Gasteiger partial charge in [-0.3, -0.25) is 0 Å². The summed E-state index contributed by atoms with van der Waals surface area (Å²) in [4.78, 5) is 10.9. The van der Waals surface area contributed by atoms with Crippen LogP contribution in [0.25, 0.3) is 22.0 Å². The number of rotatable bonds is 4. The zero-order valence-corrected chi connectivity index (χ0v) is 16.3. The highest BCUT2D eigenvalue weighted by Crippen LogP contribution is 2.34. The number of aromatic nitrogens is 2. The van der Waals surface area contributed by atoms with Crippen LogP contribution in [0.5, 0.6) is 0 Å². The van der Waals surface area contributed by atoms with Gasteiger partial charge in [0.1, 0.15) is 11.6 Å². The van der Waals surface area contributed by atoms with Crippen LogP contribution in [0, 0.1) is 17.5 Å². The zero-order chi connectivity index (χ0) is 20.5. The van der Waals surface area contributed by atoms with Gasteiger partial charge in [-0.1, -0.05) is 0 Å². The van der Waals surface area contributed by atoms with E-state index in [-0.39, 0.29) is 22.7 Å². The Hall–Kier alpha value is -2.87. The number of anilines is 2. The Balaban J connectivity index is 1.69. The van der Waals surface area contributed by atoms with Crippen molar-refractivity contribution < 1.29 is 13.2 Å². The van der Waals surface area contributed by atoms with Crippen LogP contribution in [0.15, 0.2) is 30.5 Å².